The number of hydrogen-bond donors (Lipinski definition) is 0. The number of likely N-dealkylation sites (tertiary alicyclic amines) is 1. The van der Waals surface area contributed by atoms with Gasteiger partial charge in [-0.15, -0.1) is 0 Å². The zero-order valence-corrected chi connectivity index (χ0v) is 7.55. The number of nitrogens with zero attached hydrogens (tertiary/aromatic N) is 1. The molecule has 2 rings (SSSR count). The minimum Gasteiger partial charge on any atom is -0.300 e. The van der Waals surface area contributed by atoms with E-state index in [0.29, 0.717) is 0 Å². The maximum Gasteiger partial charge on any atom is 0.0136 e. The summed E-state index contributed by atoms with van der Waals surface area (Å²) in [6.07, 6.45) is 7.47. The van der Waals surface area contributed by atoms with E-state index in [2.05, 4.69) is 11.8 Å². The van der Waals surface area contributed by atoms with Gasteiger partial charge in [-0.05, 0) is 25.3 Å². The van der Waals surface area contributed by atoms with Crippen LogP contribution in [0.25, 0.3) is 0 Å². The van der Waals surface area contributed by atoms with Crippen molar-refractivity contribution < 1.29 is 0 Å². The van der Waals surface area contributed by atoms with E-state index >= 15 is 0 Å². The van der Waals surface area contributed by atoms with Crippen molar-refractivity contribution in [3.05, 3.63) is 0 Å². The average Bonchev–Trinajstić information content (AvgIpc) is 2.15. The monoisotopic (exact) mass is 153 g/mol. The van der Waals surface area contributed by atoms with Crippen LogP contribution in [0.15, 0.2) is 0 Å². The largest absolute Gasteiger partial charge is 0.300 e. The first-order valence-corrected chi connectivity index (χ1v) is 5.16. The van der Waals surface area contributed by atoms with Crippen LogP contribution in [0.4, 0.5) is 0 Å². The predicted octanol–water partition coefficient (Wildman–Crippen LogP) is 2.27. The second kappa shape index (κ2) is 3.14. The van der Waals surface area contributed by atoms with E-state index in [4.69, 9.17) is 0 Å². The van der Waals surface area contributed by atoms with E-state index in [1.54, 1.807) is 0 Å². The summed E-state index contributed by atoms with van der Waals surface area (Å²) in [5, 5.41) is 0. The van der Waals surface area contributed by atoms with Crippen molar-refractivity contribution in [2.75, 3.05) is 13.1 Å². The lowest BCUT2D eigenvalue weighted by Crippen LogP contribution is -2.55. The Hall–Kier alpha value is -0.0400. The Morgan fingerprint density at radius 3 is 2.82 bits per heavy atom. The molecular weight excluding hydrogens is 134 g/mol. The van der Waals surface area contributed by atoms with Crippen LogP contribution in [-0.4, -0.2) is 24.0 Å². The first-order valence-electron chi connectivity index (χ1n) is 5.16. The summed E-state index contributed by atoms with van der Waals surface area (Å²) in [6, 6.07) is 0.988. The van der Waals surface area contributed by atoms with Crippen LogP contribution < -0.4 is 0 Å². The quantitative estimate of drug-likeness (QED) is 0.558. The van der Waals surface area contributed by atoms with E-state index in [-0.39, 0.29) is 0 Å². The smallest absolute Gasteiger partial charge is 0.0136 e. The van der Waals surface area contributed by atoms with Crippen molar-refractivity contribution in [1.82, 2.24) is 4.90 Å². The Kier molecular flexibility index (Phi) is 2.17. The van der Waals surface area contributed by atoms with E-state index in [9.17, 15) is 0 Å². The Morgan fingerprint density at radius 2 is 2.00 bits per heavy atom. The Balaban J connectivity index is 1.90. The molecule has 0 amide bonds. The minimum absolute atomic E-state index is 0.988. The van der Waals surface area contributed by atoms with Crippen LogP contribution in [0.5, 0.6) is 0 Å². The van der Waals surface area contributed by atoms with E-state index < -0.39 is 0 Å². The molecule has 2 fully saturated rings. The predicted molar refractivity (Wildman–Crippen MR) is 47.6 cm³/mol. The molecule has 1 aliphatic heterocycles. The molecule has 0 aromatic heterocycles. The van der Waals surface area contributed by atoms with Gasteiger partial charge in [-0.3, -0.25) is 0 Å². The summed E-state index contributed by atoms with van der Waals surface area (Å²) < 4.78 is 0. The molecule has 1 heterocycles. The maximum atomic E-state index is 2.65. The van der Waals surface area contributed by atoms with E-state index in [1.807, 2.05) is 0 Å². The second-order valence-electron chi connectivity index (χ2n) is 4.05. The van der Waals surface area contributed by atoms with Crippen molar-refractivity contribution in [1.29, 1.82) is 0 Å². The molecule has 2 unspecified atom stereocenters. The molecule has 0 aromatic carbocycles. The third-order valence-electron chi connectivity index (χ3n) is 3.46. The molecule has 0 spiro atoms. The van der Waals surface area contributed by atoms with Crippen LogP contribution >= 0.6 is 0 Å². The van der Waals surface area contributed by atoms with Gasteiger partial charge in [0, 0.05) is 12.6 Å². The third kappa shape index (κ3) is 1.31. The summed E-state index contributed by atoms with van der Waals surface area (Å²) >= 11 is 0. The molecule has 1 nitrogen and oxygen atoms in total. The first kappa shape index (κ1) is 7.60. The Labute approximate surface area is 69.8 Å². The van der Waals surface area contributed by atoms with Crippen molar-refractivity contribution in [2.45, 2.75) is 45.1 Å². The number of fused-ring (bicyclic) bond motifs is 1. The summed E-state index contributed by atoms with van der Waals surface area (Å²) in [6.45, 7) is 4.98. The normalized spacial score (nSPS) is 39.0. The lowest BCUT2D eigenvalue weighted by Gasteiger charge is -2.47. The van der Waals surface area contributed by atoms with Crippen molar-refractivity contribution in [3.63, 3.8) is 0 Å². The molecule has 2 aliphatic rings. The topological polar surface area (TPSA) is 3.24 Å². The molecule has 11 heavy (non-hydrogen) atoms. The molecule has 1 heteroatoms. The van der Waals surface area contributed by atoms with Gasteiger partial charge in [0.15, 0.2) is 0 Å². The summed E-state index contributed by atoms with van der Waals surface area (Å²) in [7, 11) is 0. The van der Waals surface area contributed by atoms with Gasteiger partial charge in [0.1, 0.15) is 0 Å². The van der Waals surface area contributed by atoms with Gasteiger partial charge in [-0.1, -0.05) is 26.2 Å². The van der Waals surface area contributed by atoms with Crippen molar-refractivity contribution >= 4 is 0 Å². The lowest BCUT2D eigenvalue weighted by atomic mass is 9.85. The molecule has 1 aliphatic carbocycles. The first-order chi connectivity index (χ1) is 5.42. The highest BCUT2D eigenvalue weighted by Gasteiger charge is 2.37. The average molecular weight is 153 g/mol. The molecule has 64 valence electrons. The highest BCUT2D eigenvalue weighted by atomic mass is 15.2. The fourth-order valence-corrected chi connectivity index (χ4v) is 2.72. The molecule has 0 N–H and O–H groups in total. The third-order valence-corrected chi connectivity index (χ3v) is 3.46. The fraction of sp³-hybridized carbons (Fsp3) is 1.00. The van der Waals surface area contributed by atoms with Crippen LogP contribution in [0, 0.1) is 5.92 Å². The molecule has 1 saturated heterocycles. The maximum absolute atomic E-state index is 2.65. The van der Waals surface area contributed by atoms with Crippen LogP contribution in [-0.2, 0) is 0 Å². The number of hydrogen-bond acceptors (Lipinski definition) is 1. The molecule has 0 aromatic rings. The lowest BCUT2D eigenvalue weighted by molar-refractivity contribution is 0.0156. The van der Waals surface area contributed by atoms with E-state index in [1.165, 1.54) is 45.2 Å². The summed E-state index contributed by atoms with van der Waals surface area (Å²) in [5.41, 5.74) is 0. The second-order valence-corrected chi connectivity index (χ2v) is 4.05. The SMILES string of the molecule is CCN1CC2CCCCCC21. The zero-order chi connectivity index (χ0) is 7.68. The van der Waals surface area contributed by atoms with Gasteiger partial charge in [0.2, 0.25) is 0 Å². The van der Waals surface area contributed by atoms with Gasteiger partial charge in [0.05, 0.1) is 0 Å². The molecule has 1 saturated carbocycles. The van der Waals surface area contributed by atoms with Crippen LogP contribution in [0.1, 0.15) is 39.0 Å². The molecule has 0 radical (unpaired) electrons. The van der Waals surface area contributed by atoms with Gasteiger partial charge in [0.25, 0.3) is 0 Å². The fourth-order valence-electron chi connectivity index (χ4n) is 2.72. The van der Waals surface area contributed by atoms with E-state index in [0.717, 1.165) is 12.0 Å². The van der Waals surface area contributed by atoms with Gasteiger partial charge in [-0.2, -0.15) is 0 Å². The van der Waals surface area contributed by atoms with Crippen LogP contribution in [0.3, 0.4) is 0 Å². The van der Waals surface area contributed by atoms with Crippen molar-refractivity contribution in [3.8, 4) is 0 Å². The molecule has 2 atom stereocenters. The minimum atomic E-state index is 0.988. The highest BCUT2D eigenvalue weighted by molar-refractivity contribution is 4.92. The Bertz CT molecular complexity index is 133. The van der Waals surface area contributed by atoms with Gasteiger partial charge in [-0.25, -0.2) is 0 Å². The summed E-state index contributed by atoms with van der Waals surface area (Å²) in [4.78, 5) is 2.65. The zero-order valence-electron chi connectivity index (χ0n) is 7.55. The van der Waals surface area contributed by atoms with Crippen molar-refractivity contribution in [2.24, 2.45) is 5.92 Å². The summed E-state index contributed by atoms with van der Waals surface area (Å²) in [5.74, 6) is 1.08. The van der Waals surface area contributed by atoms with Crippen LogP contribution in [0.2, 0.25) is 0 Å². The van der Waals surface area contributed by atoms with Gasteiger partial charge < -0.3 is 4.90 Å². The molecule has 0 bridgehead atoms. The molecular formula is C10H19N. The standard InChI is InChI=1S/C10H19N/c1-2-11-8-9-6-4-3-5-7-10(9)11/h9-10H,2-8H2,1H3. The highest BCUT2D eigenvalue weighted by Crippen LogP contribution is 2.35. The Morgan fingerprint density at radius 1 is 1.18 bits per heavy atom. The van der Waals surface area contributed by atoms with Gasteiger partial charge >= 0.3 is 0 Å². The number of rotatable bonds is 1.